The number of alkyl halides is 3. The Bertz CT molecular complexity index is 722. The summed E-state index contributed by atoms with van der Waals surface area (Å²) in [6.45, 7) is 0. The second kappa shape index (κ2) is 7.47. The molecule has 1 amide bonds. The van der Waals surface area contributed by atoms with Crippen LogP contribution in [-0.2, 0) is 11.0 Å². The fraction of sp³-hybridized carbons (Fsp3) is 0.133. The van der Waals surface area contributed by atoms with Crippen LogP contribution in [0, 0.1) is 0 Å². The number of carbonyl (C=O) groups is 1. The minimum absolute atomic E-state index is 0.0514. The smallest absolute Gasteiger partial charge is 0.324 e. The summed E-state index contributed by atoms with van der Waals surface area (Å²) >= 11 is 12.7. The summed E-state index contributed by atoms with van der Waals surface area (Å²) in [5.41, 5.74) is -0.394. The number of benzene rings is 2. The quantitative estimate of drug-likeness (QED) is 0.685. The summed E-state index contributed by atoms with van der Waals surface area (Å²) in [5, 5.41) is 3.31. The van der Waals surface area contributed by atoms with Crippen LogP contribution < -0.4 is 5.32 Å². The molecule has 8 heteroatoms. The molecule has 0 aliphatic carbocycles. The molecule has 0 aromatic heterocycles. The molecule has 1 N–H and O–H groups in total. The van der Waals surface area contributed by atoms with Crippen molar-refractivity contribution in [2.75, 3.05) is 11.1 Å². The Morgan fingerprint density at radius 3 is 2.57 bits per heavy atom. The van der Waals surface area contributed by atoms with Gasteiger partial charge in [0.25, 0.3) is 0 Å². The van der Waals surface area contributed by atoms with Gasteiger partial charge in [-0.1, -0.05) is 29.3 Å². The van der Waals surface area contributed by atoms with Gasteiger partial charge in [0.05, 0.1) is 22.0 Å². The Kier molecular flexibility index (Phi) is 5.84. The molecule has 0 saturated heterocycles. The van der Waals surface area contributed by atoms with Gasteiger partial charge in [0.1, 0.15) is 0 Å². The monoisotopic (exact) mass is 379 g/mol. The van der Waals surface area contributed by atoms with Crippen molar-refractivity contribution in [3.05, 3.63) is 58.1 Å². The lowest BCUT2D eigenvalue weighted by atomic mass is 10.2. The van der Waals surface area contributed by atoms with Crippen LogP contribution in [0.25, 0.3) is 0 Å². The van der Waals surface area contributed by atoms with Crippen LogP contribution in [0.3, 0.4) is 0 Å². The Labute approximate surface area is 145 Å². The van der Waals surface area contributed by atoms with Crippen LogP contribution in [0.15, 0.2) is 47.4 Å². The van der Waals surface area contributed by atoms with Gasteiger partial charge in [-0.15, -0.1) is 11.8 Å². The van der Waals surface area contributed by atoms with E-state index in [1.165, 1.54) is 18.2 Å². The van der Waals surface area contributed by atoms with Crippen molar-refractivity contribution < 1.29 is 18.0 Å². The minimum Gasteiger partial charge on any atom is -0.324 e. The molecular formula is C15H10Cl2F3NOS. The number of thioether (sulfide) groups is 1. The molecule has 0 unspecified atom stereocenters. The van der Waals surface area contributed by atoms with E-state index in [2.05, 4.69) is 5.32 Å². The van der Waals surface area contributed by atoms with Crippen molar-refractivity contribution in [3.63, 3.8) is 0 Å². The highest BCUT2D eigenvalue weighted by Gasteiger charge is 2.30. The van der Waals surface area contributed by atoms with Crippen molar-refractivity contribution in [1.82, 2.24) is 0 Å². The van der Waals surface area contributed by atoms with E-state index in [4.69, 9.17) is 23.2 Å². The Morgan fingerprint density at radius 2 is 1.87 bits per heavy atom. The second-order valence-electron chi connectivity index (χ2n) is 4.49. The molecule has 0 saturated carbocycles. The highest BCUT2D eigenvalue weighted by atomic mass is 35.5. The zero-order valence-corrected chi connectivity index (χ0v) is 13.8. The van der Waals surface area contributed by atoms with E-state index in [-0.39, 0.29) is 5.75 Å². The summed E-state index contributed by atoms with van der Waals surface area (Å²) in [4.78, 5) is 12.2. The van der Waals surface area contributed by atoms with E-state index in [1.54, 1.807) is 12.1 Å². The Balaban J connectivity index is 1.98. The van der Waals surface area contributed by atoms with Gasteiger partial charge in [-0.2, -0.15) is 13.2 Å². The van der Waals surface area contributed by atoms with Crippen LogP contribution in [0.4, 0.5) is 18.9 Å². The fourth-order valence-corrected chi connectivity index (χ4v) is 2.78. The van der Waals surface area contributed by atoms with Crippen LogP contribution in [0.1, 0.15) is 5.56 Å². The summed E-state index contributed by atoms with van der Waals surface area (Å²) in [6.07, 6.45) is -4.41. The SMILES string of the molecule is O=C(CSc1cccc(C(F)(F)F)c1)Nc1cc(Cl)ccc1Cl. The summed E-state index contributed by atoms with van der Waals surface area (Å²) in [7, 11) is 0. The lowest BCUT2D eigenvalue weighted by Gasteiger charge is -2.09. The lowest BCUT2D eigenvalue weighted by molar-refractivity contribution is -0.137. The van der Waals surface area contributed by atoms with Crippen molar-refractivity contribution in [2.45, 2.75) is 11.1 Å². The van der Waals surface area contributed by atoms with E-state index in [1.807, 2.05) is 0 Å². The number of nitrogens with one attached hydrogen (secondary N) is 1. The van der Waals surface area contributed by atoms with Crippen LogP contribution in [0.5, 0.6) is 0 Å². The predicted octanol–water partition coefficient (Wildman–Crippen LogP) is 5.74. The highest BCUT2D eigenvalue weighted by molar-refractivity contribution is 8.00. The van der Waals surface area contributed by atoms with E-state index < -0.39 is 17.6 Å². The van der Waals surface area contributed by atoms with E-state index in [9.17, 15) is 18.0 Å². The van der Waals surface area contributed by atoms with Crippen LogP contribution >= 0.6 is 35.0 Å². The third-order valence-corrected chi connectivity index (χ3v) is 4.29. The molecule has 0 spiro atoms. The highest BCUT2D eigenvalue weighted by Crippen LogP contribution is 2.32. The first kappa shape index (κ1) is 18.0. The van der Waals surface area contributed by atoms with Gasteiger partial charge in [0.2, 0.25) is 5.91 Å². The molecule has 0 bridgehead atoms. The molecule has 0 fully saturated rings. The summed E-state index contributed by atoms with van der Waals surface area (Å²) < 4.78 is 37.9. The van der Waals surface area contributed by atoms with Crippen LogP contribution in [-0.4, -0.2) is 11.7 Å². The van der Waals surface area contributed by atoms with Crippen molar-refractivity contribution >= 4 is 46.6 Å². The number of anilines is 1. The number of halogens is 5. The molecule has 0 radical (unpaired) electrons. The third-order valence-electron chi connectivity index (χ3n) is 2.73. The normalized spacial score (nSPS) is 11.3. The van der Waals surface area contributed by atoms with E-state index in [0.29, 0.717) is 20.6 Å². The van der Waals surface area contributed by atoms with Crippen molar-refractivity contribution in [1.29, 1.82) is 0 Å². The third kappa shape index (κ3) is 5.34. The van der Waals surface area contributed by atoms with Gasteiger partial charge >= 0.3 is 6.18 Å². The first-order valence-corrected chi connectivity index (χ1v) is 8.05. The summed E-state index contributed by atoms with van der Waals surface area (Å²) in [5.74, 6) is -0.443. The molecule has 2 nitrogen and oxygen atoms in total. The molecule has 2 aromatic rings. The number of hydrogen-bond donors (Lipinski definition) is 1. The van der Waals surface area contributed by atoms with Gasteiger partial charge in [-0.05, 0) is 36.4 Å². The molecular weight excluding hydrogens is 370 g/mol. The number of rotatable bonds is 4. The number of hydrogen-bond acceptors (Lipinski definition) is 2. The summed E-state index contributed by atoms with van der Waals surface area (Å²) in [6, 6.07) is 9.42. The van der Waals surface area contributed by atoms with Gasteiger partial charge in [-0.3, -0.25) is 4.79 Å². The zero-order valence-electron chi connectivity index (χ0n) is 11.5. The molecule has 122 valence electrons. The molecule has 2 aromatic carbocycles. The molecule has 0 aliphatic heterocycles. The van der Waals surface area contributed by atoms with Gasteiger partial charge in [-0.25, -0.2) is 0 Å². The van der Waals surface area contributed by atoms with Crippen molar-refractivity contribution in [3.8, 4) is 0 Å². The molecule has 23 heavy (non-hydrogen) atoms. The number of carbonyl (C=O) groups excluding carboxylic acids is 1. The lowest BCUT2D eigenvalue weighted by Crippen LogP contribution is -2.14. The first-order chi connectivity index (χ1) is 10.8. The average molecular weight is 380 g/mol. The molecule has 2 rings (SSSR count). The maximum Gasteiger partial charge on any atom is 0.416 e. The average Bonchev–Trinajstić information content (AvgIpc) is 2.48. The van der Waals surface area contributed by atoms with Crippen LogP contribution in [0.2, 0.25) is 10.0 Å². The zero-order chi connectivity index (χ0) is 17.0. The topological polar surface area (TPSA) is 29.1 Å². The standard InChI is InChI=1S/C15H10Cl2F3NOS/c16-10-4-5-12(17)13(7-10)21-14(22)8-23-11-3-1-2-9(6-11)15(18,19)20/h1-7H,8H2,(H,21,22). The Morgan fingerprint density at radius 1 is 1.13 bits per heavy atom. The first-order valence-electron chi connectivity index (χ1n) is 6.30. The van der Waals surface area contributed by atoms with Gasteiger partial charge in [0, 0.05) is 9.92 Å². The molecule has 0 aliphatic rings. The Hall–Kier alpha value is -1.37. The largest absolute Gasteiger partial charge is 0.416 e. The predicted molar refractivity (Wildman–Crippen MR) is 87.3 cm³/mol. The van der Waals surface area contributed by atoms with Gasteiger partial charge in [0.15, 0.2) is 0 Å². The van der Waals surface area contributed by atoms with Crippen molar-refractivity contribution in [2.24, 2.45) is 0 Å². The molecule has 0 atom stereocenters. The number of amides is 1. The fourth-order valence-electron chi connectivity index (χ4n) is 1.69. The maximum absolute atomic E-state index is 12.6. The van der Waals surface area contributed by atoms with E-state index in [0.717, 1.165) is 23.9 Å². The maximum atomic E-state index is 12.6. The second-order valence-corrected chi connectivity index (χ2v) is 6.38. The van der Waals surface area contributed by atoms with Gasteiger partial charge < -0.3 is 5.32 Å². The van der Waals surface area contributed by atoms with E-state index >= 15 is 0 Å². The minimum atomic E-state index is -4.41. The molecule has 0 heterocycles.